The van der Waals surface area contributed by atoms with Crippen molar-refractivity contribution in [1.82, 2.24) is 4.98 Å². The normalized spacial score (nSPS) is 19.2. The maximum Gasteiger partial charge on any atom is 0.416 e. The van der Waals surface area contributed by atoms with Crippen LogP contribution in [-0.4, -0.2) is 35.5 Å². The molecular formula is C12H15F3N2O2. The SMILES string of the molecule is OCC1(Nc2cc(C(F)(F)F)ccn2)CCOCC1. The summed E-state index contributed by atoms with van der Waals surface area (Å²) < 4.78 is 43.0. The molecule has 0 saturated carbocycles. The highest BCUT2D eigenvalue weighted by Gasteiger charge is 2.34. The predicted octanol–water partition coefficient (Wildman–Crippen LogP) is 2.05. The first-order valence-electron chi connectivity index (χ1n) is 5.95. The van der Waals surface area contributed by atoms with Gasteiger partial charge in [-0.1, -0.05) is 0 Å². The highest BCUT2D eigenvalue weighted by atomic mass is 19.4. The minimum absolute atomic E-state index is 0.116. The number of hydrogen-bond acceptors (Lipinski definition) is 4. The fourth-order valence-electron chi connectivity index (χ4n) is 2.03. The maximum atomic E-state index is 12.6. The number of ether oxygens (including phenoxy) is 1. The van der Waals surface area contributed by atoms with E-state index >= 15 is 0 Å². The summed E-state index contributed by atoms with van der Waals surface area (Å²) in [4.78, 5) is 3.88. The molecule has 0 bridgehead atoms. The van der Waals surface area contributed by atoms with Crippen LogP contribution in [0.5, 0.6) is 0 Å². The first kappa shape index (κ1) is 14.1. The van der Waals surface area contributed by atoms with Crippen LogP contribution >= 0.6 is 0 Å². The Bertz CT molecular complexity index is 431. The van der Waals surface area contributed by atoms with E-state index in [1.54, 1.807) is 0 Å². The first-order valence-corrected chi connectivity index (χ1v) is 5.95. The van der Waals surface area contributed by atoms with Crippen LogP contribution < -0.4 is 5.32 Å². The third kappa shape index (κ3) is 3.36. The molecule has 0 aromatic carbocycles. The van der Waals surface area contributed by atoms with Gasteiger partial charge in [-0.15, -0.1) is 0 Å². The lowest BCUT2D eigenvalue weighted by Gasteiger charge is -2.36. The van der Waals surface area contributed by atoms with Gasteiger partial charge in [-0.3, -0.25) is 0 Å². The molecule has 1 aromatic rings. The van der Waals surface area contributed by atoms with Gasteiger partial charge in [-0.2, -0.15) is 13.2 Å². The van der Waals surface area contributed by atoms with E-state index in [0.29, 0.717) is 26.1 Å². The Kier molecular flexibility index (Phi) is 3.96. The van der Waals surface area contributed by atoms with E-state index in [9.17, 15) is 18.3 Å². The highest BCUT2D eigenvalue weighted by Crippen LogP contribution is 2.31. The van der Waals surface area contributed by atoms with E-state index in [1.807, 2.05) is 0 Å². The van der Waals surface area contributed by atoms with Gasteiger partial charge in [-0.05, 0) is 25.0 Å². The molecule has 19 heavy (non-hydrogen) atoms. The molecule has 0 aliphatic carbocycles. The minimum Gasteiger partial charge on any atom is -0.394 e. The summed E-state index contributed by atoms with van der Waals surface area (Å²) in [6.07, 6.45) is -2.24. The summed E-state index contributed by atoms with van der Waals surface area (Å²) in [5.41, 5.74) is -1.42. The van der Waals surface area contributed by atoms with Crippen LogP contribution in [0, 0.1) is 0 Å². The van der Waals surface area contributed by atoms with Crippen molar-refractivity contribution in [2.24, 2.45) is 0 Å². The van der Waals surface area contributed by atoms with E-state index in [4.69, 9.17) is 4.74 Å². The second-order valence-corrected chi connectivity index (χ2v) is 4.60. The van der Waals surface area contributed by atoms with Crippen LogP contribution in [0.3, 0.4) is 0 Å². The Morgan fingerprint density at radius 1 is 1.37 bits per heavy atom. The topological polar surface area (TPSA) is 54.4 Å². The lowest BCUT2D eigenvalue weighted by atomic mass is 9.91. The second-order valence-electron chi connectivity index (χ2n) is 4.60. The van der Waals surface area contributed by atoms with Crippen LogP contribution in [0.15, 0.2) is 18.3 Å². The Morgan fingerprint density at radius 3 is 2.63 bits per heavy atom. The monoisotopic (exact) mass is 276 g/mol. The van der Waals surface area contributed by atoms with Gasteiger partial charge in [0.15, 0.2) is 0 Å². The molecule has 0 spiro atoms. The Hall–Kier alpha value is -1.34. The molecule has 7 heteroatoms. The molecule has 1 aliphatic rings. The number of anilines is 1. The average molecular weight is 276 g/mol. The zero-order chi connectivity index (χ0) is 13.9. The second kappa shape index (κ2) is 5.34. The maximum absolute atomic E-state index is 12.6. The Morgan fingerprint density at radius 2 is 2.05 bits per heavy atom. The molecule has 1 saturated heterocycles. The van der Waals surface area contributed by atoms with Gasteiger partial charge in [0.1, 0.15) is 5.82 Å². The first-order chi connectivity index (χ1) is 8.95. The minimum atomic E-state index is -4.40. The molecule has 0 atom stereocenters. The van der Waals surface area contributed by atoms with Gasteiger partial charge in [0.25, 0.3) is 0 Å². The number of aromatic nitrogens is 1. The number of hydrogen-bond donors (Lipinski definition) is 2. The molecular weight excluding hydrogens is 261 g/mol. The molecule has 106 valence electrons. The Labute approximate surface area is 108 Å². The molecule has 2 heterocycles. The summed E-state index contributed by atoms with van der Waals surface area (Å²) >= 11 is 0. The number of pyridine rings is 1. The van der Waals surface area contributed by atoms with Gasteiger partial charge in [0.2, 0.25) is 0 Å². The summed E-state index contributed by atoms with van der Waals surface area (Å²) in [6, 6.07) is 1.87. The van der Waals surface area contributed by atoms with Gasteiger partial charge >= 0.3 is 6.18 Å². The lowest BCUT2D eigenvalue weighted by Crippen LogP contribution is -2.47. The summed E-state index contributed by atoms with van der Waals surface area (Å²) in [5.74, 6) is 0.116. The molecule has 1 aliphatic heterocycles. The quantitative estimate of drug-likeness (QED) is 0.887. The van der Waals surface area contributed by atoms with Crippen molar-refractivity contribution < 1.29 is 23.0 Å². The molecule has 0 unspecified atom stereocenters. The van der Waals surface area contributed by atoms with Crippen LogP contribution in [-0.2, 0) is 10.9 Å². The number of aliphatic hydroxyl groups excluding tert-OH is 1. The fraction of sp³-hybridized carbons (Fsp3) is 0.583. The van der Waals surface area contributed by atoms with Crippen molar-refractivity contribution in [2.75, 3.05) is 25.1 Å². The zero-order valence-corrected chi connectivity index (χ0v) is 10.2. The van der Waals surface area contributed by atoms with Crippen LogP contribution in [0.4, 0.5) is 19.0 Å². The average Bonchev–Trinajstić information content (AvgIpc) is 2.39. The lowest BCUT2D eigenvalue weighted by molar-refractivity contribution is -0.137. The van der Waals surface area contributed by atoms with Crippen LogP contribution in [0.25, 0.3) is 0 Å². The molecule has 4 nitrogen and oxygen atoms in total. The smallest absolute Gasteiger partial charge is 0.394 e. The summed E-state index contributed by atoms with van der Waals surface area (Å²) in [7, 11) is 0. The standard InChI is InChI=1S/C12H15F3N2O2/c13-12(14,15)9-1-4-16-10(7-9)17-11(8-18)2-5-19-6-3-11/h1,4,7,18H,2-3,5-6,8H2,(H,16,17). The van der Waals surface area contributed by atoms with E-state index in [1.165, 1.54) is 0 Å². The van der Waals surface area contributed by atoms with E-state index in [0.717, 1.165) is 18.3 Å². The van der Waals surface area contributed by atoms with Crippen molar-refractivity contribution in [3.05, 3.63) is 23.9 Å². The number of halogens is 3. The summed E-state index contributed by atoms with van der Waals surface area (Å²) in [5, 5.41) is 12.4. The third-order valence-corrected chi connectivity index (χ3v) is 3.23. The molecule has 0 amide bonds. The molecule has 2 N–H and O–H groups in total. The number of nitrogens with one attached hydrogen (secondary N) is 1. The van der Waals surface area contributed by atoms with Crippen LogP contribution in [0.1, 0.15) is 18.4 Å². The van der Waals surface area contributed by atoms with E-state index in [-0.39, 0.29) is 12.4 Å². The van der Waals surface area contributed by atoms with Crippen molar-refractivity contribution in [2.45, 2.75) is 24.6 Å². The number of nitrogens with zero attached hydrogens (tertiary/aromatic N) is 1. The van der Waals surface area contributed by atoms with Crippen molar-refractivity contribution in [1.29, 1.82) is 0 Å². The van der Waals surface area contributed by atoms with Crippen molar-refractivity contribution in [3.8, 4) is 0 Å². The van der Waals surface area contributed by atoms with Crippen LogP contribution in [0.2, 0.25) is 0 Å². The van der Waals surface area contributed by atoms with Gasteiger partial charge < -0.3 is 15.2 Å². The highest BCUT2D eigenvalue weighted by molar-refractivity contribution is 5.41. The molecule has 1 fully saturated rings. The number of alkyl halides is 3. The number of aliphatic hydroxyl groups is 1. The fourth-order valence-corrected chi connectivity index (χ4v) is 2.03. The van der Waals surface area contributed by atoms with Crippen molar-refractivity contribution >= 4 is 5.82 Å². The van der Waals surface area contributed by atoms with Gasteiger partial charge in [0, 0.05) is 19.4 Å². The largest absolute Gasteiger partial charge is 0.416 e. The van der Waals surface area contributed by atoms with Gasteiger partial charge in [0.05, 0.1) is 17.7 Å². The van der Waals surface area contributed by atoms with E-state index < -0.39 is 17.3 Å². The van der Waals surface area contributed by atoms with Gasteiger partial charge in [-0.25, -0.2) is 4.98 Å². The van der Waals surface area contributed by atoms with Crippen molar-refractivity contribution in [3.63, 3.8) is 0 Å². The summed E-state index contributed by atoms with van der Waals surface area (Å²) in [6.45, 7) is 0.757. The zero-order valence-electron chi connectivity index (χ0n) is 10.2. The predicted molar refractivity (Wildman–Crippen MR) is 62.7 cm³/mol. The Balaban J connectivity index is 2.18. The molecule has 2 rings (SSSR count). The van der Waals surface area contributed by atoms with E-state index in [2.05, 4.69) is 10.3 Å². The third-order valence-electron chi connectivity index (χ3n) is 3.23. The molecule has 0 radical (unpaired) electrons. The number of rotatable bonds is 3. The molecule has 1 aromatic heterocycles.